The lowest BCUT2D eigenvalue weighted by Gasteiger charge is -2.09. The maximum atomic E-state index is 6.59. The first-order valence-corrected chi connectivity index (χ1v) is 19.0. The summed E-state index contributed by atoms with van der Waals surface area (Å²) in [6.45, 7) is 0. The fraction of sp³-hybridized carbons (Fsp3) is 0. The number of hydrogen-bond donors (Lipinski definition) is 0. The highest BCUT2D eigenvalue weighted by Gasteiger charge is 2.21. The second kappa shape index (κ2) is 11.3. The van der Waals surface area contributed by atoms with E-state index in [9.17, 15) is 0 Å². The van der Waals surface area contributed by atoms with E-state index < -0.39 is 0 Å². The zero-order valence-corrected chi connectivity index (χ0v) is 29.7. The van der Waals surface area contributed by atoms with Crippen molar-refractivity contribution in [3.63, 3.8) is 0 Å². The summed E-state index contributed by atoms with van der Waals surface area (Å²) in [6, 6.07) is 62.9. The topological polar surface area (TPSA) is 35.9 Å². The minimum absolute atomic E-state index is 0.853. The molecule has 12 aromatic rings. The maximum Gasteiger partial charge on any atom is 0.195 e. The van der Waals surface area contributed by atoms with Crippen molar-refractivity contribution in [2.75, 3.05) is 0 Å². The zero-order chi connectivity index (χ0) is 35.3. The van der Waals surface area contributed by atoms with Gasteiger partial charge in [-0.05, 0) is 71.3 Å². The summed E-state index contributed by atoms with van der Waals surface area (Å²) in [7, 11) is 0. The van der Waals surface area contributed by atoms with E-state index in [1.165, 1.54) is 43.7 Å². The molecule has 4 nitrogen and oxygen atoms in total. The molecule has 0 unspecified atom stereocenters. The monoisotopic (exact) mass is 707 g/mol. The Balaban J connectivity index is 1.06. The Hall–Kier alpha value is -6.95. The summed E-state index contributed by atoms with van der Waals surface area (Å²) in [5, 5.41) is 8.00. The van der Waals surface area contributed by atoms with E-state index in [0.717, 1.165) is 65.1 Å². The Labute approximate surface area is 313 Å². The molecule has 0 spiro atoms. The molecule has 4 aromatic heterocycles. The van der Waals surface area contributed by atoms with Crippen LogP contribution in [0.1, 0.15) is 0 Å². The first kappa shape index (κ1) is 29.6. The van der Waals surface area contributed by atoms with Crippen molar-refractivity contribution in [3.8, 4) is 33.1 Å². The standard InChI is InChI=1S/C49H29N3OS/c1-3-12-30(13-4-1)34-18-11-19-38-46-44(53-48(34)38)26-27-45-47(46)50-49(54-45)52-41-21-10-7-16-35(41)37-24-22-32(29-43(37)52)31-23-25-42-39(28-31)36-17-8-9-20-40(36)51(42)33-14-5-2-6-15-33/h1-29H. The molecule has 0 saturated heterocycles. The van der Waals surface area contributed by atoms with E-state index in [1.54, 1.807) is 11.3 Å². The fourth-order valence-corrected chi connectivity index (χ4v) is 9.57. The Morgan fingerprint density at radius 1 is 0.444 bits per heavy atom. The highest BCUT2D eigenvalue weighted by molar-refractivity contribution is 7.21. The minimum Gasteiger partial charge on any atom is -0.455 e. The molecule has 252 valence electrons. The molecule has 0 N–H and O–H groups in total. The third-order valence-corrected chi connectivity index (χ3v) is 12.0. The lowest BCUT2D eigenvalue weighted by Crippen LogP contribution is -1.93. The van der Waals surface area contributed by atoms with Crippen molar-refractivity contribution in [1.29, 1.82) is 0 Å². The van der Waals surface area contributed by atoms with Gasteiger partial charge in [0.25, 0.3) is 0 Å². The van der Waals surface area contributed by atoms with Gasteiger partial charge in [0.1, 0.15) is 11.2 Å². The lowest BCUT2D eigenvalue weighted by molar-refractivity contribution is 0.670. The summed E-state index contributed by atoms with van der Waals surface area (Å²) in [4.78, 5) is 5.44. The molecule has 0 amide bonds. The smallest absolute Gasteiger partial charge is 0.195 e. The number of furan rings is 1. The summed E-state index contributed by atoms with van der Waals surface area (Å²) in [6.07, 6.45) is 0. The first-order valence-electron chi connectivity index (χ1n) is 18.2. The van der Waals surface area contributed by atoms with Crippen LogP contribution in [-0.2, 0) is 0 Å². The first-order chi connectivity index (χ1) is 26.8. The Bertz CT molecular complexity index is 3440. The summed E-state index contributed by atoms with van der Waals surface area (Å²) >= 11 is 1.73. The average molecular weight is 708 g/mol. The third kappa shape index (κ3) is 4.21. The second-order valence-corrected chi connectivity index (χ2v) is 14.9. The molecule has 0 atom stereocenters. The molecule has 0 radical (unpaired) electrons. The summed E-state index contributed by atoms with van der Waals surface area (Å²) in [5.41, 5.74) is 13.1. The SMILES string of the molecule is c1ccc(-c2cccc3c2oc2ccc4sc(-n5c6ccccc6c6ccc(-c7ccc8c(c7)c7ccccc7n8-c7ccccc7)cc65)nc4c23)cc1. The van der Waals surface area contributed by atoms with E-state index >= 15 is 0 Å². The molecule has 5 heteroatoms. The van der Waals surface area contributed by atoms with Crippen LogP contribution in [0.15, 0.2) is 180 Å². The van der Waals surface area contributed by atoms with Crippen molar-refractivity contribution in [2.24, 2.45) is 0 Å². The number of hydrogen-bond acceptors (Lipinski definition) is 3. The van der Waals surface area contributed by atoms with Crippen molar-refractivity contribution in [2.45, 2.75) is 0 Å². The van der Waals surface area contributed by atoms with Crippen LogP contribution in [0.3, 0.4) is 0 Å². The quantitative estimate of drug-likeness (QED) is 0.183. The van der Waals surface area contributed by atoms with E-state index in [2.05, 4.69) is 179 Å². The molecule has 0 aliphatic rings. The van der Waals surface area contributed by atoms with Gasteiger partial charge in [-0.15, -0.1) is 0 Å². The molecule has 0 saturated carbocycles. The summed E-state index contributed by atoms with van der Waals surface area (Å²) in [5.74, 6) is 0. The lowest BCUT2D eigenvalue weighted by atomic mass is 10.0. The predicted octanol–water partition coefficient (Wildman–Crippen LogP) is 13.7. The van der Waals surface area contributed by atoms with Crippen LogP contribution >= 0.6 is 11.3 Å². The van der Waals surface area contributed by atoms with Gasteiger partial charge in [0.05, 0.1) is 37.7 Å². The average Bonchev–Trinajstić information content (AvgIpc) is 4.00. The molecular formula is C49H29N3OS. The van der Waals surface area contributed by atoms with Gasteiger partial charge in [-0.1, -0.05) is 133 Å². The number of thiazole rings is 1. The van der Waals surface area contributed by atoms with Crippen LogP contribution in [0.4, 0.5) is 0 Å². The van der Waals surface area contributed by atoms with Crippen LogP contribution in [0, 0.1) is 0 Å². The number of nitrogens with zero attached hydrogens (tertiary/aromatic N) is 3. The van der Waals surface area contributed by atoms with Crippen molar-refractivity contribution in [3.05, 3.63) is 176 Å². The second-order valence-electron chi connectivity index (χ2n) is 13.9. The van der Waals surface area contributed by atoms with E-state index in [0.29, 0.717) is 0 Å². The van der Waals surface area contributed by atoms with Crippen LogP contribution in [0.2, 0.25) is 0 Å². The normalized spacial score (nSPS) is 12.1. The molecular weight excluding hydrogens is 679 g/mol. The van der Waals surface area contributed by atoms with Gasteiger partial charge in [-0.25, -0.2) is 4.98 Å². The van der Waals surface area contributed by atoms with Crippen LogP contribution < -0.4 is 0 Å². The van der Waals surface area contributed by atoms with Gasteiger partial charge >= 0.3 is 0 Å². The Morgan fingerprint density at radius 3 is 1.93 bits per heavy atom. The molecule has 0 fully saturated rings. The Morgan fingerprint density at radius 2 is 1.09 bits per heavy atom. The van der Waals surface area contributed by atoms with Gasteiger partial charge in [0, 0.05) is 38.2 Å². The van der Waals surface area contributed by atoms with E-state index in [-0.39, 0.29) is 0 Å². The number of benzene rings is 8. The highest BCUT2D eigenvalue weighted by atomic mass is 32.1. The fourth-order valence-electron chi connectivity index (χ4n) is 8.57. The van der Waals surface area contributed by atoms with Gasteiger partial charge in [0.15, 0.2) is 5.13 Å². The van der Waals surface area contributed by atoms with E-state index in [4.69, 9.17) is 9.40 Å². The molecule has 54 heavy (non-hydrogen) atoms. The van der Waals surface area contributed by atoms with E-state index in [1.807, 2.05) is 6.07 Å². The van der Waals surface area contributed by atoms with Gasteiger partial charge in [0.2, 0.25) is 0 Å². The number of para-hydroxylation sites is 4. The van der Waals surface area contributed by atoms with Crippen LogP contribution in [-0.4, -0.2) is 14.1 Å². The van der Waals surface area contributed by atoms with Gasteiger partial charge in [-0.2, -0.15) is 0 Å². The molecule has 0 bridgehead atoms. The third-order valence-electron chi connectivity index (χ3n) is 11.0. The van der Waals surface area contributed by atoms with Crippen molar-refractivity contribution >= 4 is 87.1 Å². The highest BCUT2D eigenvalue weighted by Crippen LogP contribution is 2.43. The number of aromatic nitrogens is 3. The number of rotatable bonds is 4. The molecule has 0 aliphatic heterocycles. The molecule has 4 heterocycles. The predicted molar refractivity (Wildman–Crippen MR) is 226 cm³/mol. The van der Waals surface area contributed by atoms with Gasteiger partial charge < -0.3 is 8.98 Å². The molecule has 0 aliphatic carbocycles. The molecule has 8 aromatic carbocycles. The molecule has 12 rings (SSSR count). The van der Waals surface area contributed by atoms with Crippen molar-refractivity contribution in [1.82, 2.24) is 14.1 Å². The minimum atomic E-state index is 0.853. The zero-order valence-electron chi connectivity index (χ0n) is 28.9. The summed E-state index contributed by atoms with van der Waals surface area (Å²) < 4.78 is 12.4. The Kier molecular flexibility index (Phi) is 6.18. The number of fused-ring (bicyclic) bond motifs is 11. The largest absolute Gasteiger partial charge is 0.455 e. The van der Waals surface area contributed by atoms with Crippen LogP contribution in [0.5, 0.6) is 0 Å². The van der Waals surface area contributed by atoms with Gasteiger partial charge in [-0.3, -0.25) is 4.57 Å². The maximum absolute atomic E-state index is 6.59. The van der Waals surface area contributed by atoms with Crippen LogP contribution in [0.25, 0.3) is 109 Å². The van der Waals surface area contributed by atoms with Crippen molar-refractivity contribution < 1.29 is 4.42 Å².